The largest absolute Gasteiger partial charge is 0.378 e. The quantitative estimate of drug-likeness (QED) is 0.823. The van der Waals surface area contributed by atoms with Gasteiger partial charge in [0.1, 0.15) is 0 Å². The molecule has 2 saturated heterocycles. The molecule has 2 amide bonds. The average Bonchev–Trinajstić information content (AvgIpc) is 2.67. The van der Waals surface area contributed by atoms with Gasteiger partial charge >= 0.3 is 0 Å². The molecule has 27 heavy (non-hydrogen) atoms. The van der Waals surface area contributed by atoms with E-state index < -0.39 is 0 Å². The minimum Gasteiger partial charge on any atom is -0.378 e. The van der Waals surface area contributed by atoms with Crippen LogP contribution in [0.1, 0.15) is 11.1 Å². The van der Waals surface area contributed by atoms with Crippen LogP contribution < -0.4 is 5.32 Å². The summed E-state index contributed by atoms with van der Waals surface area (Å²) in [6.07, 6.45) is 0. The molecule has 3 rings (SSSR count). The number of nitrogens with one attached hydrogen (secondary N) is 1. The molecular formula is C20H30N4O3. The van der Waals surface area contributed by atoms with Gasteiger partial charge in [-0.15, -0.1) is 0 Å². The molecule has 0 spiro atoms. The molecule has 0 aromatic heterocycles. The van der Waals surface area contributed by atoms with Crippen LogP contribution in [0.4, 0.5) is 5.69 Å². The second-order valence-electron chi connectivity index (χ2n) is 7.36. The Balaban J connectivity index is 1.41. The number of para-hydroxylation sites is 1. The Morgan fingerprint density at radius 3 is 2.07 bits per heavy atom. The molecule has 0 saturated carbocycles. The van der Waals surface area contributed by atoms with Gasteiger partial charge in [-0.1, -0.05) is 18.2 Å². The molecule has 7 heteroatoms. The predicted molar refractivity (Wildman–Crippen MR) is 105 cm³/mol. The van der Waals surface area contributed by atoms with Gasteiger partial charge in [-0.2, -0.15) is 0 Å². The molecule has 1 N–H and O–H groups in total. The van der Waals surface area contributed by atoms with E-state index in [2.05, 4.69) is 15.1 Å². The molecule has 2 heterocycles. The number of hydrogen-bond donors (Lipinski definition) is 1. The average molecular weight is 374 g/mol. The van der Waals surface area contributed by atoms with Crippen LogP contribution >= 0.6 is 0 Å². The number of anilines is 1. The van der Waals surface area contributed by atoms with Gasteiger partial charge in [-0.3, -0.25) is 19.4 Å². The number of morpholine rings is 1. The van der Waals surface area contributed by atoms with Crippen molar-refractivity contribution in [1.82, 2.24) is 14.7 Å². The first-order chi connectivity index (χ1) is 13.0. The van der Waals surface area contributed by atoms with E-state index in [0.29, 0.717) is 39.4 Å². The molecule has 1 aromatic carbocycles. The fraction of sp³-hybridized carbons (Fsp3) is 0.600. The lowest BCUT2D eigenvalue weighted by Gasteiger charge is -2.35. The molecule has 0 bridgehead atoms. The standard InChI is InChI=1S/C20H30N4O3/c1-16-4-3-5-17(2)20(16)21-18(25)14-22-6-8-23(9-7-22)15-19(26)24-10-12-27-13-11-24/h3-5H,6-15H2,1-2H3,(H,21,25). The van der Waals surface area contributed by atoms with Crippen LogP contribution in [0.25, 0.3) is 0 Å². The number of benzene rings is 1. The topological polar surface area (TPSA) is 65.1 Å². The summed E-state index contributed by atoms with van der Waals surface area (Å²) in [7, 11) is 0. The first-order valence-corrected chi connectivity index (χ1v) is 9.69. The van der Waals surface area contributed by atoms with E-state index in [4.69, 9.17) is 4.74 Å². The minimum absolute atomic E-state index is 0.0187. The molecular weight excluding hydrogens is 344 g/mol. The number of rotatable bonds is 5. The highest BCUT2D eigenvalue weighted by Gasteiger charge is 2.24. The van der Waals surface area contributed by atoms with Crippen LogP contribution in [0, 0.1) is 13.8 Å². The number of amides is 2. The third kappa shape index (κ3) is 5.51. The summed E-state index contributed by atoms with van der Waals surface area (Å²) in [5.41, 5.74) is 3.07. The van der Waals surface area contributed by atoms with E-state index in [-0.39, 0.29) is 11.8 Å². The Labute approximate surface area is 161 Å². The Kier molecular flexibility index (Phi) is 6.82. The number of carbonyl (C=O) groups is 2. The SMILES string of the molecule is Cc1cccc(C)c1NC(=O)CN1CCN(CC(=O)N2CCOCC2)CC1. The molecule has 0 aliphatic carbocycles. The van der Waals surface area contributed by atoms with E-state index in [1.165, 1.54) is 0 Å². The third-order valence-electron chi connectivity index (χ3n) is 5.30. The minimum atomic E-state index is 0.0187. The first-order valence-electron chi connectivity index (χ1n) is 9.69. The highest BCUT2D eigenvalue weighted by molar-refractivity contribution is 5.93. The predicted octanol–water partition coefficient (Wildman–Crippen LogP) is 0.718. The van der Waals surface area contributed by atoms with Crippen molar-refractivity contribution in [3.05, 3.63) is 29.3 Å². The molecule has 148 valence electrons. The smallest absolute Gasteiger partial charge is 0.238 e. The fourth-order valence-corrected chi connectivity index (χ4v) is 3.60. The Morgan fingerprint density at radius 2 is 1.48 bits per heavy atom. The van der Waals surface area contributed by atoms with Crippen LogP contribution in [-0.4, -0.2) is 92.1 Å². The summed E-state index contributed by atoms with van der Waals surface area (Å²) < 4.78 is 5.30. The van der Waals surface area contributed by atoms with Crippen LogP contribution in [0.3, 0.4) is 0 Å². The maximum absolute atomic E-state index is 12.4. The third-order valence-corrected chi connectivity index (χ3v) is 5.30. The number of nitrogens with zero attached hydrogens (tertiary/aromatic N) is 3. The zero-order valence-electron chi connectivity index (χ0n) is 16.4. The lowest BCUT2D eigenvalue weighted by Crippen LogP contribution is -2.52. The van der Waals surface area contributed by atoms with Crippen LogP contribution in [0.15, 0.2) is 18.2 Å². The molecule has 7 nitrogen and oxygen atoms in total. The fourth-order valence-electron chi connectivity index (χ4n) is 3.60. The van der Waals surface area contributed by atoms with Crippen molar-refractivity contribution < 1.29 is 14.3 Å². The van der Waals surface area contributed by atoms with Crippen molar-refractivity contribution in [2.75, 3.05) is 70.9 Å². The van der Waals surface area contributed by atoms with Crippen LogP contribution in [0.2, 0.25) is 0 Å². The highest BCUT2D eigenvalue weighted by Crippen LogP contribution is 2.19. The van der Waals surface area contributed by atoms with E-state index >= 15 is 0 Å². The first kappa shape index (κ1) is 19.8. The Hall–Kier alpha value is -1.96. The summed E-state index contributed by atoms with van der Waals surface area (Å²) in [4.78, 5) is 31.0. The Morgan fingerprint density at radius 1 is 0.926 bits per heavy atom. The molecule has 1 aromatic rings. The second kappa shape index (κ2) is 9.30. The second-order valence-corrected chi connectivity index (χ2v) is 7.36. The summed E-state index contributed by atoms with van der Waals surface area (Å²) in [5, 5.41) is 3.05. The van der Waals surface area contributed by atoms with Gasteiger partial charge in [0, 0.05) is 45.0 Å². The van der Waals surface area contributed by atoms with Crippen molar-refractivity contribution in [1.29, 1.82) is 0 Å². The van der Waals surface area contributed by atoms with Gasteiger partial charge in [0.2, 0.25) is 11.8 Å². The maximum atomic E-state index is 12.4. The van der Waals surface area contributed by atoms with E-state index in [1.54, 1.807) is 0 Å². The van der Waals surface area contributed by atoms with Crippen LogP contribution in [-0.2, 0) is 14.3 Å². The van der Waals surface area contributed by atoms with Gasteiger partial charge in [-0.25, -0.2) is 0 Å². The van der Waals surface area contributed by atoms with E-state index in [0.717, 1.165) is 43.0 Å². The van der Waals surface area contributed by atoms with Gasteiger partial charge in [0.25, 0.3) is 0 Å². The van der Waals surface area contributed by atoms with Crippen LogP contribution in [0.5, 0.6) is 0 Å². The number of carbonyl (C=O) groups excluding carboxylic acids is 2. The van der Waals surface area contributed by atoms with Crippen molar-refractivity contribution in [2.45, 2.75) is 13.8 Å². The zero-order valence-corrected chi connectivity index (χ0v) is 16.4. The molecule has 2 aliphatic heterocycles. The lowest BCUT2D eigenvalue weighted by molar-refractivity contribution is -0.137. The zero-order chi connectivity index (χ0) is 19.2. The summed E-state index contributed by atoms with van der Waals surface area (Å²) in [6, 6.07) is 6.01. The van der Waals surface area contributed by atoms with Gasteiger partial charge in [0.05, 0.1) is 26.3 Å². The molecule has 0 atom stereocenters. The molecule has 2 aliphatic rings. The van der Waals surface area contributed by atoms with Crippen molar-refractivity contribution in [3.8, 4) is 0 Å². The molecule has 0 radical (unpaired) electrons. The molecule has 0 unspecified atom stereocenters. The number of hydrogen-bond acceptors (Lipinski definition) is 5. The Bertz CT molecular complexity index is 645. The monoisotopic (exact) mass is 374 g/mol. The van der Waals surface area contributed by atoms with Crippen molar-refractivity contribution in [2.24, 2.45) is 0 Å². The van der Waals surface area contributed by atoms with E-state index in [9.17, 15) is 9.59 Å². The number of ether oxygens (including phenoxy) is 1. The van der Waals surface area contributed by atoms with Gasteiger partial charge in [-0.05, 0) is 25.0 Å². The number of aryl methyl sites for hydroxylation is 2. The molecule has 2 fully saturated rings. The number of piperazine rings is 1. The van der Waals surface area contributed by atoms with Crippen molar-refractivity contribution >= 4 is 17.5 Å². The highest BCUT2D eigenvalue weighted by atomic mass is 16.5. The van der Waals surface area contributed by atoms with Gasteiger partial charge in [0.15, 0.2) is 0 Å². The van der Waals surface area contributed by atoms with Gasteiger partial charge < -0.3 is 15.0 Å². The van der Waals surface area contributed by atoms with E-state index in [1.807, 2.05) is 36.9 Å². The summed E-state index contributed by atoms with van der Waals surface area (Å²) >= 11 is 0. The normalized spacial score (nSPS) is 19.1. The summed E-state index contributed by atoms with van der Waals surface area (Å²) in [6.45, 7) is 10.7. The maximum Gasteiger partial charge on any atom is 0.238 e. The van der Waals surface area contributed by atoms with Crippen molar-refractivity contribution in [3.63, 3.8) is 0 Å². The summed E-state index contributed by atoms with van der Waals surface area (Å²) in [5.74, 6) is 0.199. The lowest BCUT2D eigenvalue weighted by atomic mass is 10.1.